The Kier molecular flexibility index (Phi) is 4.08. The summed E-state index contributed by atoms with van der Waals surface area (Å²) < 4.78 is 5.31. The second-order valence-corrected chi connectivity index (χ2v) is 5.67. The Morgan fingerprint density at radius 2 is 1.96 bits per heavy atom. The van der Waals surface area contributed by atoms with E-state index in [0.717, 1.165) is 22.4 Å². The molecule has 0 bridgehead atoms. The number of carbonyl (C=O) groups is 2. The Labute approximate surface area is 139 Å². The van der Waals surface area contributed by atoms with Gasteiger partial charge in [0.1, 0.15) is 5.75 Å². The van der Waals surface area contributed by atoms with Crippen LogP contribution in [0.15, 0.2) is 42.0 Å². The van der Waals surface area contributed by atoms with Gasteiger partial charge in [-0.3, -0.25) is 4.79 Å². The number of aromatic carboxylic acids is 1. The zero-order valence-electron chi connectivity index (χ0n) is 13.4. The highest BCUT2D eigenvalue weighted by Gasteiger charge is 2.21. The van der Waals surface area contributed by atoms with Crippen molar-refractivity contribution < 1.29 is 19.4 Å². The number of carboxylic acid groups (broad SMARTS) is 1. The fourth-order valence-corrected chi connectivity index (χ4v) is 2.83. The summed E-state index contributed by atoms with van der Waals surface area (Å²) in [5.74, 6) is -0.577. The number of fused-ring (bicyclic) bond motifs is 1. The fraction of sp³-hybridized carbons (Fsp3) is 0.158. The molecule has 0 unspecified atom stereocenters. The van der Waals surface area contributed by atoms with Crippen molar-refractivity contribution in [1.29, 1.82) is 0 Å². The fourth-order valence-electron chi connectivity index (χ4n) is 2.83. The Hall–Kier alpha value is -3.08. The number of rotatable bonds is 4. The predicted octanol–water partition coefficient (Wildman–Crippen LogP) is 3.28. The van der Waals surface area contributed by atoms with E-state index >= 15 is 0 Å². The maximum absolute atomic E-state index is 12.5. The third-order valence-electron chi connectivity index (χ3n) is 4.06. The first-order chi connectivity index (χ1) is 11.5. The quantitative estimate of drug-likeness (QED) is 0.905. The van der Waals surface area contributed by atoms with Gasteiger partial charge in [-0.15, -0.1) is 0 Å². The van der Waals surface area contributed by atoms with Crippen LogP contribution in [0.3, 0.4) is 0 Å². The van der Waals surface area contributed by atoms with Crippen LogP contribution in [0.25, 0.3) is 6.08 Å². The molecule has 5 heteroatoms. The van der Waals surface area contributed by atoms with Crippen LogP contribution in [0.5, 0.6) is 5.75 Å². The number of para-hydroxylation sites is 1. The first-order valence-electron chi connectivity index (χ1n) is 7.51. The minimum atomic E-state index is -1.07. The van der Waals surface area contributed by atoms with Crippen molar-refractivity contribution in [2.24, 2.45) is 0 Å². The lowest BCUT2D eigenvalue weighted by molar-refractivity contribution is -0.112. The number of carboxylic acids is 1. The monoisotopic (exact) mass is 323 g/mol. The van der Waals surface area contributed by atoms with E-state index < -0.39 is 5.97 Å². The molecule has 2 aromatic rings. The van der Waals surface area contributed by atoms with Crippen LogP contribution in [0.4, 0.5) is 5.69 Å². The summed E-state index contributed by atoms with van der Waals surface area (Å²) in [4.78, 5) is 23.7. The van der Waals surface area contributed by atoms with Crippen molar-refractivity contribution in [3.8, 4) is 5.75 Å². The lowest BCUT2D eigenvalue weighted by atomic mass is 10.1. The summed E-state index contributed by atoms with van der Waals surface area (Å²) >= 11 is 0. The Morgan fingerprint density at radius 3 is 2.67 bits per heavy atom. The molecule has 0 heterocycles. The molecule has 0 aliphatic heterocycles. The van der Waals surface area contributed by atoms with Crippen LogP contribution in [0.2, 0.25) is 0 Å². The Balaban J connectivity index is 1.83. The van der Waals surface area contributed by atoms with Gasteiger partial charge in [0.05, 0.1) is 18.4 Å². The normalized spacial score (nSPS) is 12.3. The smallest absolute Gasteiger partial charge is 0.337 e. The lowest BCUT2D eigenvalue weighted by Crippen LogP contribution is -2.16. The molecule has 122 valence electrons. The van der Waals surface area contributed by atoms with Crippen LogP contribution in [-0.4, -0.2) is 24.1 Å². The molecule has 0 spiro atoms. The zero-order chi connectivity index (χ0) is 17.3. The molecule has 0 saturated carbocycles. The number of anilines is 1. The van der Waals surface area contributed by atoms with Crippen molar-refractivity contribution in [2.75, 3.05) is 12.4 Å². The second kappa shape index (κ2) is 6.20. The summed E-state index contributed by atoms with van der Waals surface area (Å²) in [6.45, 7) is 1.95. The van der Waals surface area contributed by atoms with Gasteiger partial charge in [-0.05, 0) is 54.0 Å². The zero-order valence-corrected chi connectivity index (χ0v) is 13.4. The van der Waals surface area contributed by atoms with Gasteiger partial charge in [-0.1, -0.05) is 12.1 Å². The van der Waals surface area contributed by atoms with Gasteiger partial charge in [0.2, 0.25) is 0 Å². The Bertz CT molecular complexity index is 868. The topological polar surface area (TPSA) is 75.6 Å². The van der Waals surface area contributed by atoms with Gasteiger partial charge in [-0.2, -0.15) is 0 Å². The number of carbonyl (C=O) groups excluding carboxylic acids is 1. The molecule has 0 fully saturated rings. The molecule has 0 aromatic heterocycles. The summed E-state index contributed by atoms with van der Waals surface area (Å²) in [6.07, 6.45) is 2.33. The number of hydrogen-bond acceptors (Lipinski definition) is 3. The van der Waals surface area contributed by atoms with Crippen molar-refractivity contribution in [1.82, 2.24) is 0 Å². The summed E-state index contributed by atoms with van der Waals surface area (Å²) in [5.41, 5.74) is 3.97. The largest absolute Gasteiger partial charge is 0.496 e. The molecule has 3 rings (SSSR count). The van der Waals surface area contributed by atoms with E-state index in [1.54, 1.807) is 25.3 Å². The first-order valence-corrected chi connectivity index (χ1v) is 7.51. The highest BCUT2D eigenvalue weighted by atomic mass is 16.5. The molecule has 5 nitrogen and oxygen atoms in total. The number of benzene rings is 2. The molecule has 2 aromatic carbocycles. The highest BCUT2D eigenvalue weighted by Crippen LogP contribution is 2.31. The molecule has 0 radical (unpaired) electrons. The average molecular weight is 323 g/mol. The third-order valence-corrected chi connectivity index (χ3v) is 4.06. The summed E-state index contributed by atoms with van der Waals surface area (Å²) in [7, 11) is 1.62. The predicted molar refractivity (Wildman–Crippen MR) is 91.4 cm³/mol. The summed E-state index contributed by atoms with van der Waals surface area (Å²) in [6, 6.07) is 10.3. The van der Waals surface area contributed by atoms with E-state index in [9.17, 15) is 14.7 Å². The standard InChI is InChI=1S/C19H17NO4/c1-11-7-12-8-14(9-13(12)10-17(11)24-2)18(21)20-16-6-4-3-5-15(16)19(22)23/h3-8,10H,9H2,1-2H3,(H,20,21)(H,22,23). The van der Waals surface area contributed by atoms with E-state index in [1.807, 2.05) is 25.1 Å². The molecule has 24 heavy (non-hydrogen) atoms. The third kappa shape index (κ3) is 2.88. The summed E-state index contributed by atoms with van der Waals surface area (Å²) in [5, 5.41) is 11.9. The molecule has 1 aliphatic carbocycles. The number of amides is 1. The van der Waals surface area contributed by atoms with E-state index in [1.165, 1.54) is 6.07 Å². The SMILES string of the molecule is COc1cc2c(cc1C)C=C(C(=O)Nc1ccccc1C(=O)O)C2. The van der Waals surface area contributed by atoms with Crippen LogP contribution < -0.4 is 10.1 Å². The number of ether oxygens (including phenoxy) is 1. The molecule has 1 amide bonds. The number of hydrogen-bond donors (Lipinski definition) is 2. The van der Waals surface area contributed by atoms with Gasteiger partial charge in [0.25, 0.3) is 5.91 Å². The minimum absolute atomic E-state index is 0.0690. The number of nitrogens with one attached hydrogen (secondary N) is 1. The van der Waals surface area contributed by atoms with Gasteiger partial charge in [0, 0.05) is 12.0 Å². The van der Waals surface area contributed by atoms with Crippen LogP contribution in [-0.2, 0) is 11.2 Å². The van der Waals surface area contributed by atoms with Crippen molar-refractivity contribution >= 4 is 23.6 Å². The van der Waals surface area contributed by atoms with Crippen molar-refractivity contribution in [3.63, 3.8) is 0 Å². The highest BCUT2D eigenvalue weighted by molar-refractivity contribution is 6.10. The van der Waals surface area contributed by atoms with E-state index in [0.29, 0.717) is 17.7 Å². The van der Waals surface area contributed by atoms with Crippen molar-refractivity contribution in [3.05, 3.63) is 64.2 Å². The number of methoxy groups -OCH3 is 1. The lowest BCUT2D eigenvalue weighted by Gasteiger charge is -2.09. The van der Waals surface area contributed by atoms with Gasteiger partial charge in [-0.25, -0.2) is 4.79 Å². The average Bonchev–Trinajstić information content (AvgIpc) is 2.97. The molecular formula is C19H17NO4. The van der Waals surface area contributed by atoms with Gasteiger partial charge < -0.3 is 15.2 Å². The number of aryl methyl sites for hydroxylation is 1. The van der Waals surface area contributed by atoms with Crippen LogP contribution in [0.1, 0.15) is 27.0 Å². The maximum Gasteiger partial charge on any atom is 0.337 e. The van der Waals surface area contributed by atoms with Gasteiger partial charge in [0.15, 0.2) is 0 Å². The van der Waals surface area contributed by atoms with Crippen molar-refractivity contribution in [2.45, 2.75) is 13.3 Å². The van der Waals surface area contributed by atoms with E-state index in [-0.39, 0.29) is 11.5 Å². The van der Waals surface area contributed by atoms with E-state index in [2.05, 4.69) is 5.32 Å². The Morgan fingerprint density at radius 1 is 1.21 bits per heavy atom. The molecule has 1 aliphatic rings. The molecule has 0 atom stereocenters. The molecular weight excluding hydrogens is 306 g/mol. The maximum atomic E-state index is 12.5. The first kappa shape index (κ1) is 15.8. The van der Waals surface area contributed by atoms with Gasteiger partial charge >= 0.3 is 5.97 Å². The van der Waals surface area contributed by atoms with Crippen LogP contribution >= 0.6 is 0 Å². The minimum Gasteiger partial charge on any atom is -0.496 e. The second-order valence-electron chi connectivity index (χ2n) is 5.67. The molecule has 0 saturated heterocycles. The van der Waals surface area contributed by atoms with E-state index in [4.69, 9.17) is 4.74 Å². The molecule has 2 N–H and O–H groups in total. The van der Waals surface area contributed by atoms with Crippen LogP contribution in [0, 0.1) is 6.92 Å².